The van der Waals surface area contributed by atoms with Crippen LogP contribution in [0.5, 0.6) is 0 Å². The molecule has 104 valence electrons. The molecular formula is C13H9N5O3. The molecule has 0 bridgehead atoms. The molecule has 21 heavy (non-hydrogen) atoms. The van der Waals surface area contributed by atoms with Crippen LogP contribution in [0.25, 0.3) is 16.6 Å². The first-order chi connectivity index (χ1) is 10.1. The van der Waals surface area contributed by atoms with Gasteiger partial charge in [-0.25, -0.2) is 9.50 Å². The van der Waals surface area contributed by atoms with E-state index in [4.69, 9.17) is 10.4 Å². The maximum atomic E-state index is 12.3. The molecule has 0 saturated carbocycles. The molecule has 0 fully saturated rings. The molecule has 3 aromatic heterocycles. The van der Waals surface area contributed by atoms with E-state index >= 15 is 0 Å². The second-order valence-electron chi connectivity index (χ2n) is 4.42. The van der Waals surface area contributed by atoms with E-state index in [9.17, 15) is 9.59 Å². The summed E-state index contributed by atoms with van der Waals surface area (Å²) in [5, 5.41) is 22.0. The highest BCUT2D eigenvalue weighted by Gasteiger charge is 2.11. The molecule has 0 spiro atoms. The molecule has 0 amide bonds. The Labute approximate surface area is 117 Å². The second-order valence-corrected chi connectivity index (χ2v) is 4.42. The SMILES string of the molecule is N#Cc1cnn2c1ncc1c(=O)n(CCC(=O)O)ccc12. The highest BCUT2D eigenvalue weighted by Crippen LogP contribution is 2.13. The van der Waals surface area contributed by atoms with Crippen LogP contribution in [0.1, 0.15) is 12.0 Å². The van der Waals surface area contributed by atoms with Gasteiger partial charge in [0, 0.05) is 18.9 Å². The van der Waals surface area contributed by atoms with Gasteiger partial charge in [0.1, 0.15) is 11.6 Å². The molecule has 3 aromatic rings. The van der Waals surface area contributed by atoms with Crippen molar-refractivity contribution in [2.45, 2.75) is 13.0 Å². The first kappa shape index (κ1) is 12.8. The molecule has 3 rings (SSSR count). The molecule has 0 radical (unpaired) electrons. The van der Waals surface area contributed by atoms with Crippen molar-refractivity contribution in [3.63, 3.8) is 0 Å². The summed E-state index contributed by atoms with van der Waals surface area (Å²) in [6.45, 7) is 0.0880. The van der Waals surface area contributed by atoms with Crippen LogP contribution >= 0.6 is 0 Å². The minimum atomic E-state index is -0.971. The van der Waals surface area contributed by atoms with Crippen LogP contribution in [0.15, 0.2) is 29.5 Å². The summed E-state index contributed by atoms with van der Waals surface area (Å²) in [4.78, 5) is 27.0. The number of fused-ring (bicyclic) bond motifs is 3. The van der Waals surface area contributed by atoms with Gasteiger partial charge in [0.15, 0.2) is 5.65 Å². The van der Waals surface area contributed by atoms with Gasteiger partial charge < -0.3 is 9.67 Å². The van der Waals surface area contributed by atoms with Crippen LogP contribution < -0.4 is 5.56 Å². The van der Waals surface area contributed by atoms with Crippen molar-refractivity contribution >= 4 is 22.5 Å². The van der Waals surface area contributed by atoms with Gasteiger partial charge >= 0.3 is 5.97 Å². The maximum Gasteiger partial charge on any atom is 0.305 e. The van der Waals surface area contributed by atoms with E-state index in [-0.39, 0.29) is 18.5 Å². The van der Waals surface area contributed by atoms with Crippen LogP contribution in [0.3, 0.4) is 0 Å². The summed E-state index contributed by atoms with van der Waals surface area (Å²) in [5.41, 5.74) is 0.898. The number of carbonyl (C=O) groups is 1. The van der Waals surface area contributed by atoms with Gasteiger partial charge in [0.2, 0.25) is 0 Å². The minimum absolute atomic E-state index is 0.0880. The zero-order valence-electron chi connectivity index (χ0n) is 10.7. The van der Waals surface area contributed by atoms with E-state index in [2.05, 4.69) is 10.1 Å². The van der Waals surface area contributed by atoms with Crippen molar-refractivity contribution in [2.24, 2.45) is 0 Å². The zero-order chi connectivity index (χ0) is 15.0. The smallest absolute Gasteiger partial charge is 0.305 e. The van der Waals surface area contributed by atoms with Gasteiger partial charge in [-0.1, -0.05) is 0 Å². The third kappa shape index (κ3) is 2.01. The maximum absolute atomic E-state index is 12.3. The Morgan fingerprint density at radius 1 is 1.43 bits per heavy atom. The van der Waals surface area contributed by atoms with Gasteiger partial charge in [-0.15, -0.1) is 0 Å². The molecule has 3 heterocycles. The standard InChI is InChI=1S/C13H9N5O3/c14-5-8-6-16-18-10-1-3-17(4-2-11(19)20)13(21)9(10)7-15-12(8)18/h1,3,6-7H,2,4H2,(H,19,20). The van der Waals surface area contributed by atoms with Crippen LogP contribution in [-0.2, 0) is 11.3 Å². The third-order valence-corrected chi connectivity index (χ3v) is 3.15. The van der Waals surface area contributed by atoms with Crippen molar-refractivity contribution in [1.29, 1.82) is 5.26 Å². The number of hydrogen-bond acceptors (Lipinski definition) is 5. The number of rotatable bonds is 3. The normalized spacial score (nSPS) is 10.8. The molecular weight excluding hydrogens is 274 g/mol. The third-order valence-electron chi connectivity index (χ3n) is 3.15. The molecule has 0 aromatic carbocycles. The zero-order valence-corrected chi connectivity index (χ0v) is 10.7. The van der Waals surface area contributed by atoms with E-state index in [0.717, 1.165) is 0 Å². The number of hydrogen-bond donors (Lipinski definition) is 1. The van der Waals surface area contributed by atoms with Crippen molar-refractivity contribution in [2.75, 3.05) is 0 Å². The van der Waals surface area contributed by atoms with Crippen LogP contribution in [0.4, 0.5) is 0 Å². The number of aryl methyl sites for hydroxylation is 1. The molecule has 0 atom stereocenters. The first-order valence-electron chi connectivity index (χ1n) is 6.09. The van der Waals surface area contributed by atoms with E-state index in [1.165, 1.54) is 27.7 Å². The predicted octanol–water partition coefficient (Wildman–Crippen LogP) is 0.391. The molecule has 0 saturated heterocycles. The van der Waals surface area contributed by atoms with Crippen molar-refractivity contribution < 1.29 is 9.90 Å². The fraction of sp³-hybridized carbons (Fsp3) is 0.154. The number of carboxylic acids is 1. The Hall–Kier alpha value is -3.21. The topological polar surface area (TPSA) is 113 Å². The molecule has 8 heteroatoms. The lowest BCUT2D eigenvalue weighted by atomic mass is 10.3. The average molecular weight is 283 g/mol. The lowest BCUT2D eigenvalue weighted by Gasteiger charge is -2.06. The van der Waals surface area contributed by atoms with Gasteiger partial charge in [-0.05, 0) is 6.07 Å². The molecule has 0 aliphatic carbocycles. The number of nitriles is 1. The van der Waals surface area contributed by atoms with Crippen LogP contribution in [0.2, 0.25) is 0 Å². The van der Waals surface area contributed by atoms with Crippen molar-refractivity contribution in [3.05, 3.63) is 40.6 Å². The second kappa shape index (κ2) is 4.72. The molecule has 0 aliphatic rings. The van der Waals surface area contributed by atoms with Gasteiger partial charge in [-0.3, -0.25) is 9.59 Å². The summed E-state index contributed by atoms with van der Waals surface area (Å²) >= 11 is 0. The Bertz CT molecular complexity index is 963. The summed E-state index contributed by atoms with van der Waals surface area (Å²) < 4.78 is 2.75. The summed E-state index contributed by atoms with van der Waals surface area (Å²) in [6.07, 6.45) is 4.15. The molecule has 8 nitrogen and oxygen atoms in total. The number of nitrogens with zero attached hydrogens (tertiary/aromatic N) is 5. The quantitative estimate of drug-likeness (QED) is 0.743. The van der Waals surface area contributed by atoms with Crippen LogP contribution in [0, 0.1) is 11.3 Å². The van der Waals surface area contributed by atoms with E-state index in [1.807, 2.05) is 6.07 Å². The number of pyridine rings is 1. The lowest BCUT2D eigenvalue weighted by molar-refractivity contribution is -0.137. The van der Waals surface area contributed by atoms with E-state index in [1.54, 1.807) is 6.07 Å². The van der Waals surface area contributed by atoms with Crippen molar-refractivity contribution in [3.8, 4) is 6.07 Å². The summed E-state index contributed by atoms with van der Waals surface area (Å²) in [5.74, 6) is -0.971. The highest BCUT2D eigenvalue weighted by atomic mass is 16.4. The highest BCUT2D eigenvalue weighted by molar-refractivity contribution is 5.80. The van der Waals surface area contributed by atoms with Crippen molar-refractivity contribution in [1.82, 2.24) is 19.2 Å². The Balaban J connectivity index is 2.22. The van der Waals surface area contributed by atoms with Gasteiger partial charge in [0.05, 0.1) is 23.5 Å². The molecule has 0 unspecified atom stereocenters. The molecule has 0 aliphatic heterocycles. The number of aliphatic carboxylic acids is 1. The van der Waals surface area contributed by atoms with Crippen LogP contribution in [-0.4, -0.2) is 30.2 Å². The largest absolute Gasteiger partial charge is 0.481 e. The van der Waals surface area contributed by atoms with Gasteiger partial charge in [0.25, 0.3) is 5.56 Å². The van der Waals surface area contributed by atoms with E-state index < -0.39 is 5.97 Å². The fourth-order valence-corrected chi connectivity index (χ4v) is 2.13. The fourth-order valence-electron chi connectivity index (χ4n) is 2.13. The predicted molar refractivity (Wildman–Crippen MR) is 71.7 cm³/mol. The average Bonchev–Trinajstić information content (AvgIpc) is 2.89. The monoisotopic (exact) mass is 283 g/mol. The first-order valence-corrected chi connectivity index (χ1v) is 6.09. The Morgan fingerprint density at radius 2 is 2.24 bits per heavy atom. The van der Waals surface area contributed by atoms with Gasteiger partial charge in [-0.2, -0.15) is 10.4 Å². The Morgan fingerprint density at radius 3 is 2.95 bits per heavy atom. The summed E-state index contributed by atoms with van der Waals surface area (Å²) in [6, 6.07) is 3.63. The van der Waals surface area contributed by atoms with E-state index in [0.29, 0.717) is 22.1 Å². The number of aromatic nitrogens is 4. The lowest BCUT2D eigenvalue weighted by Crippen LogP contribution is -2.21. The number of carboxylic acid groups (broad SMARTS) is 1. The Kier molecular flexibility index (Phi) is 2.88. The summed E-state index contributed by atoms with van der Waals surface area (Å²) in [7, 11) is 0. The minimum Gasteiger partial charge on any atom is -0.481 e. The molecule has 1 N–H and O–H groups in total.